The minimum absolute atomic E-state index is 0.0674. The zero-order chi connectivity index (χ0) is 20.9. The lowest BCUT2D eigenvalue weighted by molar-refractivity contribution is 0.0390. The molecule has 2 aromatic carbocycles. The summed E-state index contributed by atoms with van der Waals surface area (Å²) >= 11 is 0. The van der Waals surface area contributed by atoms with Crippen LogP contribution in [0.15, 0.2) is 42.5 Å². The van der Waals surface area contributed by atoms with Crippen molar-refractivity contribution in [1.29, 1.82) is 0 Å². The second kappa shape index (κ2) is 9.41. The maximum atomic E-state index is 13.5. The summed E-state index contributed by atoms with van der Waals surface area (Å²) in [7, 11) is 3.19. The summed E-state index contributed by atoms with van der Waals surface area (Å²) in [5.74, 6) is 2.28. The number of hydrogen-bond donors (Lipinski definition) is 0. The number of amides is 1. The van der Waals surface area contributed by atoms with Gasteiger partial charge in [-0.15, -0.1) is 0 Å². The van der Waals surface area contributed by atoms with E-state index in [1.54, 1.807) is 26.4 Å². The van der Waals surface area contributed by atoms with Gasteiger partial charge in [0, 0.05) is 18.2 Å². The quantitative estimate of drug-likeness (QED) is 0.668. The largest absolute Gasteiger partial charge is 0.493 e. The van der Waals surface area contributed by atoms with Crippen molar-refractivity contribution in [2.24, 2.45) is 5.92 Å². The van der Waals surface area contributed by atoms with Gasteiger partial charge in [0.1, 0.15) is 6.61 Å². The summed E-state index contributed by atoms with van der Waals surface area (Å²) in [6.07, 6.45) is 7.19. The summed E-state index contributed by atoms with van der Waals surface area (Å²) < 4.78 is 17.2. The molecule has 1 amide bonds. The molecule has 0 unspecified atom stereocenters. The molecule has 0 spiro atoms. The standard InChI is InChI=1S/C25H31NO4/c1-28-22-15-20(25(27)26-14-8-12-19-11-6-7-13-21(19)26)16-23(29-2)24(22)30-17-18-9-4-3-5-10-18/h3-5,9-10,15-16,19,21H,6-8,11-14,17H2,1-2H3/t19-,21-/m0/s1. The monoisotopic (exact) mass is 409 g/mol. The molecule has 2 fully saturated rings. The van der Waals surface area contributed by atoms with E-state index >= 15 is 0 Å². The van der Waals surface area contributed by atoms with Crippen molar-refractivity contribution in [2.75, 3.05) is 20.8 Å². The maximum absolute atomic E-state index is 13.5. The van der Waals surface area contributed by atoms with Gasteiger partial charge >= 0.3 is 0 Å². The van der Waals surface area contributed by atoms with E-state index in [-0.39, 0.29) is 5.91 Å². The summed E-state index contributed by atoms with van der Waals surface area (Å²) in [5, 5.41) is 0. The van der Waals surface area contributed by atoms with Crippen LogP contribution < -0.4 is 14.2 Å². The van der Waals surface area contributed by atoms with Gasteiger partial charge in [0.05, 0.1) is 14.2 Å². The maximum Gasteiger partial charge on any atom is 0.254 e. The predicted molar refractivity (Wildman–Crippen MR) is 116 cm³/mol. The molecule has 2 atom stereocenters. The first-order valence-electron chi connectivity index (χ1n) is 10.9. The third-order valence-electron chi connectivity index (χ3n) is 6.44. The van der Waals surface area contributed by atoms with Crippen LogP contribution in [0.4, 0.5) is 0 Å². The lowest BCUT2D eigenvalue weighted by atomic mass is 9.78. The van der Waals surface area contributed by atoms with Gasteiger partial charge < -0.3 is 19.1 Å². The van der Waals surface area contributed by atoms with Crippen LogP contribution in [-0.2, 0) is 6.61 Å². The fourth-order valence-corrected chi connectivity index (χ4v) is 4.92. The van der Waals surface area contributed by atoms with Crippen LogP contribution in [-0.4, -0.2) is 37.6 Å². The Morgan fingerprint density at radius 3 is 2.33 bits per heavy atom. The molecule has 0 aromatic heterocycles. The normalized spacial score (nSPS) is 20.9. The number of benzene rings is 2. The summed E-state index contributed by atoms with van der Waals surface area (Å²) in [6, 6.07) is 13.9. The highest BCUT2D eigenvalue weighted by Gasteiger charge is 2.36. The lowest BCUT2D eigenvalue weighted by Crippen LogP contribution is -2.49. The fraction of sp³-hybridized carbons (Fsp3) is 0.480. The molecule has 2 aromatic rings. The van der Waals surface area contributed by atoms with Crippen LogP contribution in [0.3, 0.4) is 0 Å². The lowest BCUT2D eigenvalue weighted by Gasteiger charge is -2.44. The molecule has 160 valence electrons. The van der Waals surface area contributed by atoms with Gasteiger partial charge in [-0.2, -0.15) is 0 Å². The van der Waals surface area contributed by atoms with E-state index in [1.165, 1.54) is 25.7 Å². The minimum atomic E-state index is 0.0674. The minimum Gasteiger partial charge on any atom is -0.493 e. The smallest absolute Gasteiger partial charge is 0.254 e. The van der Waals surface area contributed by atoms with E-state index in [4.69, 9.17) is 14.2 Å². The van der Waals surface area contributed by atoms with Crippen molar-refractivity contribution in [3.8, 4) is 17.2 Å². The molecule has 0 radical (unpaired) electrons. The third kappa shape index (κ3) is 4.25. The Labute approximate surface area is 178 Å². The molecular formula is C25H31NO4. The van der Waals surface area contributed by atoms with Crippen LogP contribution >= 0.6 is 0 Å². The Balaban J connectivity index is 1.58. The van der Waals surface area contributed by atoms with Crippen molar-refractivity contribution in [1.82, 2.24) is 4.90 Å². The van der Waals surface area contributed by atoms with Crippen LogP contribution in [0, 0.1) is 5.92 Å². The van der Waals surface area contributed by atoms with Gasteiger partial charge in [-0.05, 0) is 49.3 Å². The Hall–Kier alpha value is -2.69. The number of carbonyl (C=O) groups is 1. The second-order valence-corrected chi connectivity index (χ2v) is 8.24. The van der Waals surface area contributed by atoms with E-state index in [0.717, 1.165) is 24.9 Å². The number of nitrogens with zero attached hydrogens (tertiary/aromatic N) is 1. The van der Waals surface area contributed by atoms with Crippen LogP contribution in [0.25, 0.3) is 0 Å². The van der Waals surface area contributed by atoms with Gasteiger partial charge in [0.15, 0.2) is 11.5 Å². The molecule has 5 heteroatoms. The molecule has 2 aliphatic rings. The van der Waals surface area contributed by atoms with Crippen LogP contribution in [0.2, 0.25) is 0 Å². The SMILES string of the molecule is COc1cc(C(=O)N2CCC[C@@H]3CCCC[C@@H]32)cc(OC)c1OCc1ccccc1. The first kappa shape index (κ1) is 20.6. The highest BCUT2D eigenvalue weighted by atomic mass is 16.5. The Bertz CT molecular complexity index is 840. The molecule has 4 rings (SSSR count). The zero-order valence-electron chi connectivity index (χ0n) is 17.9. The average Bonchev–Trinajstić information content (AvgIpc) is 2.82. The molecule has 30 heavy (non-hydrogen) atoms. The van der Waals surface area contributed by atoms with Crippen molar-refractivity contribution in [3.63, 3.8) is 0 Å². The molecule has 1 heterocycles. The first-order chi connectivity index (χ1) is 14.7. The number of fused-ring (bicyclic) bond motifs is 1. The van der Waals surface area contributed by atoms with Crippen LogP contribution in [0.5, 0.6) is 17.2 Å². The molecular weight excluding hydrogens is 378 g/mol. The van der Waals surface area contributed by atoms with Gasteiger partial charge in [-0.1, -0.05) is 43.2 Å². The third-order valence-corrected chi connectivity index (χ3v) is 6.44. The predicted octanol–water partition coefficient (Wildman–Crippen LogP) is 5.08. The van der Waals surface area contributed by atoms with Crippen molar-refractivity contribution >= 4 is 5.91 Å². The first-order valence-corrected chi connectivity index (χ1v) is 10.9. The Kier molecular flexibility index (Phi) is 6.46. The fourth-order valence-electron chi connectivity index (χ4n) is 4.92. The number of ether oxygens (including phenoxy) is 3. The van der Waals surface area contributed by atoms with Gasteiger partial charge in [-0.3, -0.25) is 4.79 Å². The highest BCUT2D eigenvalue weighted by molar-refractivity contribution is 5.96. The van der Waals surface area contributed by atoms with Crippen molar-refractivity contribution < 1.29 is 19.0 Å². The number of piperidine rings is 1. The van der Waals surface area contributed by atoms with Crippen molar-refractivity contribution in [3.05, 3.63) is 53.6 Å². The highest BCUT2D eigenvalue weighted by Crippen LogP contribution is 2.41. The number of methoxy groups -OCH3 is 2. The molecule has 1 saturated carbocycles. The van der Waals surface area contributed by atoms with Crippen molar-refractivity contribution in [2.45, 2.75) is 51.2 Å². The molecule has 0 bridgehead atoms. The van der Waals surface area contributed by atoms with E-state index in [0.29, 0.717) is 41.4 Å². The Morgan fingerprint density at radius 2 is 1.63 bits per heavy atom. The topological polar surface area (TPSA) is 48.0 Å². The molecule has 1 aliphatic heterocycles. The molecule has 0 N–H and O–H groups in total. The number of rotatable bonds is 6. The summed E-state index contributed by atoms with van der Waals surface area (Å²) in [5.41, 5.74) is 1.65. The van der Waals surface area contributed by atoms with Gasteiger partial charge in [-0.25, -0.2) is 0 Å². The number of carbonyl (C=O) groups excluding carboxylic acids is 1. The van der Waals surface area contributed by atoms with E-state index < -0.39 is 0 Å². The second-order valence-electron chi connectivity index (χ2n) is 8.24. The average molecular weight is 410 g/mol. The summed E-state index contributed by atoms with van der Waals surface area (Å²) in [4.78, 5) is 15.5. The summed E-state index contributed by atoms with van der Waals surface area (Å²) in [6.45, 7) is 1.23. The molecule has 1 saturated heterocycles. The van der Waals surface area contributed by atoms with Gasteiger partial charge in [0.2, 0.25) is 5.75 Å². The van der Waals surface area contributed by atoms with E-state index in [2.05, 4.69) is 4.90 Å². The number of likely N-dealkylation sites (tertiary alicyclic amines) is 1. The van der Waals surface area contributed by atoms with E-state index in [9.17, 15) is 4.79 Å². The van der Waals surface area contributed by atoms with E-state index in [1.807, 2.05) is 30.3 Å². The zero-order valence-corrected chi connectivity index (χ0v) is 17.9. The molecule has 1 aliphatic carbocycles. The van der Waals surface area contributed by atoms with Gasteiger partial charge in [0.25, 0.3) is 5.91 Å². The Morgan fingerprint density at radius 1 is 0.967 bits per heavy atom. The number of hydrogen-bond acceptors (Lipinski definition) is 4. The molecule has 5 nitrogen and oxygen atoms in total. The van der Waals surface area contributed by atoms with Crippen LogP contribution in [0.1, 0.15) is 54.4 Å².